The molecule has 0 aliphatic carbocycles. The van der Waals surface area contributed by atoms with Crippen molar-refractivity contribution >= 4 is 35.0 Å². The van der Waals surface area contributed by atoms with Crippen LogP contribution >= 0.6 is 23.4 Å². The van der Waals surface area contributed by atoms with E-state index < -0.39 is 0 Å². The molecule has 0 aliphatic heterocycles. The van der Waals surface area contributed by atoms with E-state index in [4.69, 9.17) is 11.6 Å². The molecule has 134 valence electrons. The molecule has 3 aromatic rings. The number of amides is 1. The molecule has 7 heteroatoms. The van der Waals surface area contributed by atoms with Gasteiger partial charge in [0.2, 0.25) is 5.91 Å². The summed E-state index contributed by atoms with van der Waals surface area (Å²) < 4.78 is 1.91. The summed E-state index contributed by atoms with van der Waals surface area (Å²) in [6.45, 7) is 3.87. The van der Waals surface area contributed by atoms with Crippen LogP contribution in [0.25, 0.3) is 11.4 Å². The Morgan fingerprint density at radius 3 is 2.58 bits per heavy atom. The van der Waals surface area contributed by atoms with E-state index in [2.05, 4.69) is 15.5 Å². The average molecular weight is 387 g/mol. The fourth-order valence-corrected chi connectivity index (χ4v) is 3.48. The number of aryl methyl sites for hydroxylation is 1. The standard InChI is InChI=1S/C19H19ClN4OS/c1-12-8-4-5-9-14(12)17-22-23-19(24(17)3)26-13(2)18(25)21-16-11-7-6-10-15(16)20/h4-11,13H,1-3H3,(H,21,25)/t13-/m0/s1. The molecular formula is C19H19ClN4OS. The normalized spacial score (nSPS) is 12.0. The monoisotopic (exact) mass is 386 g/mol. The molecule has 0 aliphatic rings. The van der Waals surface area contributed by atoms with Gasteiger partial charge in [0, 0.05) is 12.6 Å². The third-order valence-electron chi connectivity index (χ3n) is 4.00. The first-order chi connectivity index (χ1) is 12.5. The zero-order valence-corrected chi connectivity index (χ0v) is 16.3. The van der Waals surface area contributed by atoms with Crippen molar-refractivity contribution in [3.05, 3.63) is 59.1 Å². The number of anilines is 1. The molecule has 5 nitrogen and oxygen atoms in total. The SMILES string of the molecule is Cc1ccccc1-c1nnc(S[C@@H](C)C(=O)Nc2ccccc2Cl)n1C. The predicted molar refractivity (Wildman–Crippen MR) is 107 cm³/mol. The summed E-state index contributed by atoms with van der Waals surface area (Å²) in [4.78, 5) is 12.5. The number of hydrogen-bond donors (Lipinski definition) is 1. The summed E-state index contributed by atoms with van der Waals surface area (Å²) in [6, 6.07) is 15.2. The Hall–Kier alpha value is -2.31. The highest BCUT2D eigenvalue weighted by Gasteiger charge is 2.20. The van der Waals surface area contributed by atoms with Crippen LogP contribution in [0.3, 0.4) is 0 Å². The van der Waals surface area contributed by atoms with Crippen molar-refractivity contribution in [2.75, 3.05) is 5.32 Å². The summed E-state index contributed by atoms with van der Waals surface area (Å²) in [5, 5.41) is 12.2. The Morgan fingerprint density at radius 1 is 1.15 bits per heavy atom. The highest BCUT2D eigenvalue weighted by molar-refractivity contribution is 8.00. The lowest BCUT2D eigenvalue weighted by molar-refractivity contribution is -0.115. The highest BCUT2D eigenvalue weighted by atomic mass is 35.5. The Kier molecular flexibility index (Phi) is 5.64. The van der Waals surface area contributed by atoms with E-state index in [0.29, 0.717) is 15.9 Å². The number of halogens is 1. The maximum absolute atomic E-state index is 12.5. The van der Waals surface area contributed by atoms with Crippen LogP contribution in [0.4, 0.5) is 5.69 Å². The van der Waals surface area contributed by atoms with Gasteiger partial charge in [-0.1, -0.05) is 59.8 Å². The smallest absolute Gasteiger partial charge is 0.237 e. The second-order valence-electron chi connectivity index (χ2n) is 5.91. The molecule has 1 atom stereocenters. The molecule has 0 saturated heterocycles. The van der Waals surface area contributed by atoms with Gasteiger partial charge in [-0.05, 0) is 31.5 Å². The Balaban J connectivity index is 1.74. The number of para-hydroxylation sites is 1. The molecule has 0 spiro atoms. The second kappa shape index (κ2) is 7.93. The van der Waals surface area contributed by atoms with E-state index >= 15 is 0 Å². The summed E-state index contributed by atoms with van der Waals surface area (Å²) in [5.41, 5.74) is 2.76. The van der Waals surface area contributed by atoms with Gasteiger partial charge in [-0.25, -0.2) is 0 Å². The average Bonchev–Trinajstić information content (AvgIpc) is 2.98. The first-order valence-electron chi connectivity index (χ1n) is 8.15. The lowest BCUT2D eigenvalue weighted by Gasteiger charge is -2.12. The van der Waals surface area contributed by atoms with Gasteiger partial charge in [0.25, 0.3) is 0 Å². The summed E-state index contributed by atoms with van der Waals surface area (Å²) >= 11 is 7.46. The lowest BCUT2D eigenvalue weighted by Crippen LogP contribution is -2.23. The number of aromatic nitrogens is 3. The van der Waals surface area contributed by atoms with Crippen molar-refractivity contribution in [2.24, 2.45) is 7.05 Å². The third-order valence-corrected chi connectivity index (χ3v) is 5.47. The maximum Gasteiger partial charge on any atom is 0.237 e. The number of thioether (sulfide) groups is 1. The van der Waals surface area contributed by atoms with E-state index in [1.54, 1.807) is 12.1 Å². The van der Waals surface area contributed by atoms with E-state index in [9.17, 15) is 4.79 Å². The predicted octanol–water partition coefficient (Wildman–Crippen LogP) is 4.56. The minimum atomic E-state index is -0.348. The molecule has 0 radical (unpaired) electrons. The molecule has 0 saturated carbocycles. The molecule has 1 heterocycles. The topological polar surface area (TPSA) is 59.8 Å². The fourth-order valence-electron chi connectivity index (χ4n) is 2.48. The van der Waals surface area contributed by atoms with Crippen molar-refractivity contribution in [3.8, 4) is 11.4 Å². The van der Waals surface area contributed by atoms with Crippen LogP contribution in [-0.4, -0.2) is 25.9 Å². The zero-order valence-electron chi connectivity index (χ0n) is 14.7. The zero-order chi connectivity index (χ0) is 18.7. The summed E-state index contributed by atoms with van der Waals surface area (Å²) in [6.07, 6.45) is 0. The van der Waals surface area contributed by atoms with Crippen molar-refractivity contribution in [2.45, 2.75) is 24.3 Å². The van der Waals surface area contributed by atoms with Crippen molar-refractivity contribution < 1.29 is 4.79 Å². The van der Waals surface area contributed by atoms with Gasteiger partial charge >= 0.3 is 0 Å². The fraction of sp³-hybridized carbons (Fsp3) is 0.211. The van der Waals surface area contributed by atoms with E-state index in [-0.39, 0.29) is 11.2 Å². The van der Waals surface area contributed by atoms with Crippen LogP contribution < -0.4 is 5.32 Å². The van der Waals surface area contributed by atoms with Crippen LogP contribution in [-0.2, 0) is 11.8 Å². The van der Waals surface area contributed by atoms with Crippen LogP contribution in [0, 0.1) is 6.92 Å². The molecule has 0 fully saturated rings. The Labute approximate surface area is 161 Å². The van der Waals surface area contributed by atoms with Crippen molar-refractivity contribution in [1.82, 2.24) is 14.8 Å². The number of nitrogens with one attached hydrogen (secondary N) is 1. The minimum absolute atomic E-state index is 0.136. The molecule has 0 bridgehead atoms. The molecule has 2 aromatic carbocycles. The Morgan fingerprint density at radius 2 is 1.85 bits per heavy atom. The van der Waals surface area contributed by atoms with Crippen LogP contribution in [0.15, 0.2) is 53.7 Å². The number of rotatable bonds is 5. The maximum atomic E-state index is 12.5. The second-order valence-corrected chi connectivity index (χ2v) is 7.62. The van der Waals surface area contributed by atoms with Crippen molar-refractivity contribution in [1.29, 1.82) is 0 Å². The molecule has 26 heavy (non-hydrogen) atoms. The molecular weight excluding hydrogens is 368 g/mol. The van der Waals surface area contributed by atoms with E-state index in [0.717, 1.165) is 17.0 Å². The van der Waals surface area contributed by atoms with Gasteiger partial charge in [0.1, 0.15) is 0 Å². The molecule has 0 unspecified atom stereocenters. The molecule has 1 aromatic heterocycles. The lowest BCUT2D eigenvalue weighted by atomic mass is 10.1. The number of nitrogens with zero attached hydrogens (tertiary/aromatic N) is 3. The van der Waals surface area contributed by atoms with Gasteiger partial charge in [-0.2, -0.15) is 0 Å². The van der Waals surface area contributed by atoms with Gasteiger partial charge < -0.3 is 9.88 Å². The van der Waals surface area contributed by atoms with Crippen molar-refractivity contribution in [3.63, 3.8) is 0 Å². The van der Waals surface area contributed by atoms with Gasteiger partial charge in [-0.15, -0.1) is 10.2 Å². The highest BCUT2D eigenvalue weighted by Crippen LogP contribution is 2.28. The first-order valence-corrected chi connectivity index (χ1v) is 9.40. The number of carbonyl (C=O) groups excluding carboxylic acids is 1. The van der Waals surface area contributed by atoms with Gasteiger partial charge in [0.05, 0.1) is 16.0 Å². The van der Waals surface area contributed by atoms with Gasteiger partial charge in [0.15, 0.2) is 11.0 Å². The van der Waals surface area contributed by atoms with Crippen LogP contribution in [0.5, 0.6) is 0 Å². The molecule has 1 amide bonds. The summed E-state index contributed by atoms with van der Waals surface area (Å²) in [7, 11) is 1.91. The molecule has 3 rings (SSSR count). The minimum Gasteiger partial charge on any atom is -0.324 e. The number of hydrogen-bond acceptors (Lipinski definition) is 4. The Bertz CT molecular complexity index is 941. The summed E-state index contributed by atoms with van der Waals surface area (Å²) in [5.74, 6) is 0.646. The first kappa shape index (κ1) is 18.5. The largest absolute Gasteiger partial charge is 0.324 e. The number of carbonyl (C=O) groups is 1. The van der Waals surface area contributed by atoms with E-state index in [1.807, 2.05) is 61.9 Å². The van der Waals surface area contributed by atoms with Crippen LogP contribution in [0.1, 0.15) is 12.5 Å². The quantitative estimate of drug-likeness (QED) is 0.653. The van der Waals surface area contributed by atoms with Gasteiger partial charge in [-0.3, -0.25) is 4.79 Å². The molecule has 1 N–H and O–H groups in total. The third kappa shape index (κ3) is 3.92. The number of benzene rings is 2. The van der Waals surface area contributed by atoms with E-state index in [1.165, 1.54) is 11.8 Å². The van der Waals surface area contributed by atoms with Crippen LogP contribution in [0.2, 0.25) is 5.02 Å².